The molecule has 0 aromatic heterocycles. The lowest BCUT2D eigenvalue weighted by molar-refractivity contribution is -0.147. The van der Waals surface area contributed by atoms with Crippen molar-refractivity contribution in [2.75, 3.05) is 18.5 Å². The molecule has 0 saturated heterocycles. The van der Waals surface area contributed by atoms with Gasteiger partial charge in [0.2, 0.25) is 0 Å². The number of carbonyl (C=O) groups is 2. The number of esters is 1. The summed E-state index contributed by atoms with van der Waals surface area (Å²) >= 11 is 5.77. The number of benzene rings is 2. The lowest BCUT2D eigenvalue weighted by atomic mass is 10.1. The fourth-order valence-corrected chi connectivity index (χ4v) is 2.18. The van der Waals surface area contributed by atoms with Crippen LogP contribution in [0.5, 0.6) is 5.75 Å². The van der Waals surface area contributed by atoms with Crippen molar-refractivity contribution in [2.45, 2.75) is 20.3 Å². The number of amides is 1. The van der Waals surface area contributed by atoms with Crippen LogP contribution in [0.15, 0.2) is 42.5 Å². The molecule has 0 aliphatic rings. The Morgan fingerprint density at radius 2 is 1.80 bits per heavy atom. The molecular weight excluding hydrogens is 342 g/mol. The van der Waals surface area contributed by atoms with Gasteiger partial charge < -0.3 is 14.8 Å². The van der Waals surface area contributed by atoms with Gasteiger partial charge in [0.1, 0.15) is 5.75 Å². The Morgan fingerprint density at radius 1 is 1.08 bits per heavy atom. The normalized spacial score (nSPS) is 10.2. The van der Waals surface area contributed by atoms with E-state index in [1.807, 2.05) is 32.0 Å². The first kappa shape index (κ1) is 18.8. The van der Waals surface area contributed by atoms with E-state index in [1.165, 1.54) is 0 Å². The summed E-state index contributed by atoms with van der Waals surface area (Å²) in [6.45, 7) is 3.76. The van der Waals surface area contributed by atoms with E-state index in [4.69, 9.17) is 21.1 Å². The molecule has 0 radical (unpaired) electrons. The molecule has 1 N–H and O–H groups in total. The van der Waals surface area contributed by atoms with Gasteiger partial charge in [-0.3, -0.25) is 9.59 Å². The average Bonchev–Trinajstić information content (AvgIpc) is 2.58. The topological polar surface area (TPSA) is 64.6 Å². The van der Waals surface area contributed by atoms with E-state index in [0.29, 0.717) is 10.7 Å². The van der Waals surface area contributed by atoms with E-state index in [-0.39, 0.29) is 19.6 Å². The summed E-state index contributed by atoms with van der Waals surface area (Å²) in [4.78, 5) is 23.4. The molecular formula is C19H20ClNO4. The molecule has 0 aliphatic carbocycles. The molecule has 1 amide bonds. The van der Waals surface area contributed by atoms with E-state index in [1.54, 1.807) is 24.3 Å². The van der Waals surface area contributed by atoms with Gasteiger partial charge in [-0.05, 0) is 55.3 Å². The third-order valence-corrected chi connectivity index (χ3v) is 3.65. The Bertz CT molecular complexity index is 744. The predicted octanol–water partition coefficient (Wildman–Crippen LogP) is 3.91. The number of halogens is 1. The third-order valence-electron chi connectivity index (χ3n) is 3.40. The van der Waals surface area contributed by atoms with Crippen LogP contribution >= 0.6 is 11.6 Å². The standard InChI is InChI=1S/C19H20ClNO4/c1-13-3-4-14(2)17(11-13)24-10-9-19(23)25-12-18(22)21-16-7-5-15(20)6-8-16/h3-8,11H,9-10,12H2,1-2H3,(H,21,22). The summed E-state index contributed by atoms with van der Waals surface area (Å²) in [5, 5.41) is 3.19. The molecule has 2 rings (SSSR count). The fourth-order valence-electron chi connectivity index (χ4n) is 2.06. The molecule has 0 fully saturated rings. The Hall–Kier alpha value is -2.53. The van der Waals surface area contributed by atoms with Crippen LogP contribution < -0.4 is 10.1 Å². The molecule has 0 spiro atoms. The minimum Gasteiger partial charge on any atom is -0.493 e. The van der Waals surface area contributed by atoms with Crippen LogP contribution in [0.2, 0.25) is 5.02 Å². The van der Waals surface area contributed by atoms with Gasteiger partial charge in [0, 0.05) is 10.7 Å². The highest BCUT2D eigenvalue weighted by Gasteiger charge is 2.09. The summed E-state index contributed by atoms with van der Waals surface area (Å²) in [7, 11) is 0. The van der Waals surface area contributed by atoms with Gasteiger partial charge >= 0.3 is 5.97 Å². The molecule has 0 bridgehead atoms. The van der Waals surface area contributed by atoms with Crippen molar-refractivity contribution in [3.63, 3.8) is 0 Å². The molecule has 0 aliphatic heterocycles. The minimum atomic E-state index is -0.489. The zero-order valence-corrected chi connectivity index (χ0v) is 14.9. The first-order chi connectivity index (χ1) is 11.9. The number of hydrogen-bond donors (Lipinski definition) is 1. The maximum atomic E-state index is 11.7. The van der Waals surface area contributed by atoms with Crippen LogP contribution in [0, 0.1) is 13.8 Å². The molecule has 25 heavy (non-hydrogen) atoms. The monoisotopic (exact) mass is 361 g/mol. The van der Waals surface area contributed by atoms with Gasteiger partial charge in [-0.25, -0.2) is 0 Å². The second-order valence-corrected chi connectivity index (χ2v) is 6.02. The number of hydrogen-bond acceptors (Lipinski definition) is 4. The van der Waals surface area contributed by atoms with E-state index >= 15 is 0 Å². The summed E-state index contributed by atoms with van der Waals surface area (Å²) in [6, 6.07) is 12.5. The molecule has 5 nitrogen and oxygen atoms in total. The van der Waals surface area contributed by atoms with Crippen molar-refractivity contribution < 1.29 is 19.1 Å². The van der Waals surface area contributed by atoms with E-state index in [0.717, 1.165) is 16.9 Å². The second-order valence-electron chi connectivity index (χ2n) is 5.58. The molecule has 6 heteroatoms. The van der Waals surface area contributed by atoms with Crippen molar-refractivity contribution in [1.82, 2.24) is 0 Å². The van der Waals surface area contributed by atoms with Crippen LogP contribution in [0.4, 0.5) is 5.69 Å². The number of ether oxygens (including phenoxy) is 2. The van der Waals surface area contributed by atoms with E-state index < -0.39 is 11.9 Å². The van der Waals surface area contributed by atoms with Crippen molar-refractivity contribution in [1.29, 1.82) is 0 Å². The number of rotatable bonds is 7. The summed E-state index contributed by atoms with van der Waals surface area (Å²) in [5.41, 5.74) is 2.67. The van der Waals surface area contributed by atoms with Crippen molar-refractivity contribution in [3.8, 4) is 5.75 Å². The largest absolute Gasteiger partial charge is 0.493 e. The Balaban J connectivity index is 1.69. The first-order valence-corrected chi connectivity index (χ1v) is 8.23. The number of nitrogens with one attached hydrogen (secondary N) is 1. The van der Waals surface area contributed by atoms with Crippen molar-refractivity contribution >= 4 is 29.2 Å². The quantitative estimate of drug-likeness (QED) is 0.759. The predicted molar refractivity (Wildman–Crippen MR) is 97.1 cm³/mol. The highest BCUT2D eigenvalue weighted by atomic mass is 35.5. The fraction of sp³-hybridized carbons (Fsp3) is 0.263. The van der Waals surface area contributed by atoms with Gasteiger partial charge in [0.15, 0.2) is 6.61 Å². The number of carbonyl (C=O) groups excluding carboxylic acids is 2. The zero-order valence-electron chi connectivity index (χ0n) is 14.2. The molecule has 0 unspecified atom stereocenters. The highest BCUT2D eigenvalue weighted by molar-refractivity contribution is 6.30. The third kappa shape index (κ3) is 6.47. The van der Waals surface area contributed by atoms with E-state index in [9.17, 15) is 9.59 Å². The number of anilines is 1. The van der Waals surface area contributed by atoms with Crippen molar-refractivity contribution in [3.05, 3.63) is 58.6 Å². The lowest BCUT2D eigenvalue weighted by Crippen LogP contribution is -2.21. The van der Waals surface area contributed by atoms with Gasteiger partial charge in [0.05, 0.1) is 13.0 Å². The maximum Gasteiger partial charge on any atom is 0.309 e. The van der Waals surface area contributed by atoms with E-state index in [2.05, 4.69) is 5.32 Å². The lowest BCUT2D eigenvalue weighted by Gasteiger charge is -2.10. The van der Waals surface area contributed by atoms with Crippen LogP contribution in [0.25, 0.3) is 0 Å². The summed E-state index contributed by atoms with van der Waals surface area (Å²) < 4.78 is 10.5. The Morgan fingerprint density at radius 3 is 2.52 bits per heavy atom. The first-order valence-electron chi connectivity index (χ1n) is 7.85. The van der Waals surface area contributed by atoms with Gasteiger partial charge in [-0.15, -0.1) is 0 Å². The Kier molecular flexibility index (Phi) is 6.83. The molecule has 2 aromatic carbocycles. The van der Waals surface area contributed by atoms with Gasteiger partial charge in [-0.1, -0.05) is 23.7 Å². The second kappa shape index (κ2) is 9.08. The summed E-state index contributed by atoms with van der Waals surface area (Å²) in [5.74, 6) is -0.157. The van der Waals surface area contributed by atoms with Crippen LogP contribution in [-0.4, -0.2) is 25.1 Å². The van der Waals surface area contributed by atoms with Crippen LogP contribution in [0.1, 0.15) is 17.5 Å². The smallest absolute Gasteiger partial charge is 0.309 e. The molecule has 0 heterocycles. The minimum absolute atomic E-state index is 0.0710. The SMILES string of the molecule is Cc1ccc(C)c(OCCC(=O)OCC(=O)Nc2ccc(Cl)cc2)c1. The molecule has 132 valence electrons. The number of aryl methyl sites for hydroxylation is 2. The van der Waals surface area contributed by atoms with Gasteiger partial charge in [0.25, 0.3) is 5.91 Å². The van der Waals surface area contributed by atoms with Crippen LogP contribution in [0.3, 0.4) is 0 Å². The van der Waals surface area contributed by atoms with Gasteiger partial charge in [-0.2, -0.15) is 0 Å². The average molecular weight is 362 g/mol. The molecule has 0 saturated carbocycles. The summed E-state index contributed by atoms with van der Waals surface area (Å²) in [6.07, 6.45) is 0.0710. The van der Waals surface area contributed by atoms with Crippen LogP contribution in [-0.2, 0) is 14.3 Å². The Labute approximate surface area is 151 Å². The van der Waals surface area contributed by atoms with Crippen molar-refractivity contribution in [2.24, 2.45) is 0 Å². The maximum absolute atomic E-state index is 11.7. The highest BCUT2D eigenvalue weighted by Crippen LogP contribution is 2.19. The molecule has 0 atom stereocenters. The zero-order chi connectivity index (χ0) is 18.2. The molecule has 2 aromatic rings.